The molecule has 0 unspecified atom stereocenters. The molecule has 4 fully saturated rings. The Bertz CT molecular complexity index is 2390. The van der Waals surface area contributed by atoms with Crippen molar-refractivity contribution < 1.29 is 19.2 Å². The van der Waals surface area contributed by atoms with Crippen LogP contribution in [0.5, 0.6) is 0 Å². The summed E-state index contributed by atoms with van der Waals surface area (Å²) in [4.78, 5) is 71.0. The van der Waals surface area contributed by atoms with Crippen LogP contribution in [0.4, 0.5) is 0 Å². The minimum absolute atomic E-state index is 0.00235. The fourth-order valence-corrected chi connectivity index (χ4v) is 9.89. The number of thiazole rings is 1. The first-order valence-corrected chi connectivity index (χ1v) is 22.8. The Kier molecular flexibility index (Phi) is 11.0. The molecule has 4 amide bonds. The number of benzene rings is 4. The Morgan fingerprint density at radius 2 is 1.08 bits per heavy atom. The van der Waals surface area contributed by atoms with E-state index in [9.17, 15) is 19.2 Å². The molecule has 0 spiro atoms. The van der Waals surface area contributed by atoms with Gasteiger partial charge in [-0.3, -0.25) is 19.2 Å². The Balaban J connectivity index is 0.797. The quantitative estimate of drug-likeness (QED) is 0.106. The summed E-state index contributed by atoms with van der Waals surface area (Å²) >= 11 is 1.58. The van der Waals surface area contributed by atoms with Gasteiger partial charge in [-0.25, -0.2) is 9.97 Å². The molecule has 10 rings (SSSR count). The zero-order valence-electron chi connectivity index (χ0n) is 34.4. The van der Waals surface area contributed by atoms with Gasteiger partial charge in [-0.2, -0.15) is 0 Å². The molecule has 2 saturated heterocycles. The predicted molar refractivity (Wildman–Crippen MR) is 238 cm³/mol. The molecule has 4 aromatic carbocycles. The number of likely N-dealkylation sites (tertiary alicyclic amines) is 2. The van der Waals surface area contributed by atoms with Crippen LogP contribution in [0.2, 0.25) is 0 Å². The van der Waals surface area contributed by atoms with Crippen LogP contribution in [0.15, 0.2) is 121 Å². The molecule has 314 valence electrons. The van der Waals surface area contributed by atoms with E-state index < -0.39 is 12.1 Å². The Labute approximate surface area is 365 Å². The number of nitrogens with zero attached hydrogens (tertiary/aromatic N) is 4. The Morgan fingerprint density at radius 3 is 1.61 bits per heavy atom. The second kappa shape index (κ2) is 17.2. The number of H-pyrrole nitrogens is 1. The molecule has 4 atom stereocenters. The van der Waals surface area contributed by atoms with Gasteiger partial charge < -0.3 is 25.4 Å². The van der Waals surface area contributed by atoms with E-state index in [0.29, 0.717) is 13.1 Å². The number of hydrogen-bond acceptors (Lipinski definition) is 7. The molecule has 4 aliphatic rings. The van der Waals surface area contributed by atoms with Crippen molar-refractivity contribution in [2.24, 2.45) is 11.8 Å². The Morgan fingerprint density at radius 1 is 0.597 bits per heavy atom. The van der Waals surface area contributed by atoms with Gasteiger partial charge in [0.05, 0.1) is 29.7 Å². The maximum absolute atomic E-state index is 14.1. The van der Waals surface area contributed by atoms with Crippen molar-refractivity contribution in [2.75, 3.05) is 13.1 Å². The predicted octanol–water partition coefficient (Wildman–Crippen LogP) is 8.73. The zero-order valence-corrected chi connectivity index (χ0v) is 35.2. The van der Waals surface area contributed by atoms with E-state index in [4.69, 9.17) is 9.97 Å². The van der Waals surface area contributed by atoms with Crippen LogP contribution >= 0.6 is 11.3 Å². The van der Waals surface area contributed by atoms with Crippen molar-refractivity contribution >= 4 is 35.0 Å². The molecule has 2 aromatic heterocycles. The summed E-state index contributed by atoms with van der Waals surface area (Å²) in [5, 5.41) is 9.09. The van der Waals surface area contributed by atoms with Gasteiger partial charge in [0.25, 0.3) is 0 Å². The van der Waals surface area contributed by atoms with Gasteiger partial charge >= 0.3 is 0 Å². The second-order valence-electron chi connectivity index (χ2n) is 17.0. The summed E-state index contributed by atoms with van der Waals surface area (Å²) < 4.78 is 0. The maximum atomic E-state index is 14.1. The van der Waals surface area contributed by atoms with E-state index in [-0.39, 0.29) is 47.5 Å². The van der Waals surface area contributed by atoms with Gasteiger partial charge in [-0.05, 0) is 79.2 Å². The van der Waals surface area contributed by atoms with Crippen LogP contribution < -0.4 is 10.6 Å². The molecule has 12 heteroatoms. The molecule has 62 heavy (non-hydrogen) atoms. The molecule has 0 bridgehead atoms. The first kappa shape index (κ1) is 39.7. The fourth-order valence-electron chi connectivity index (χ4n) is 8.91. The molecule has 0 radical (unpaired) electrons. The van der Waals surface area contributed by atoms with Gasteiger partial charge in [-0.1, -0.05) is 109 Å². The minimum atomic E-state index is -0.729. The maximum Gasteiger partial charge on any atom is 0.250 e. The van der Waals surface area contributed by atoms with Crippen molar-refractivity contribution in [1.82, 2.24) is 35.4 Å². The lowest BCUT2D eigenvalue weighted by Crippen LogP contribution is -2.43. The van der Waals surface area contributed by atoms with Gasteiger partial charge in [0.1, 0.15) is 22.9 Å². The first-order chi connectivity index (χ1) is 30.4. The lowest BCUT2D eigenvalue weighted by Gasteiger charge is -2.28. The molecule has 4 heterocycles. The number of aromatic amines is 1. The number of amides is 4. The highest BCUT2D eigenvalue weighted by Gasteiger charge is 2.41. The van der Waals surface area contributed by atoms with Gasteiger partial charge in [-0.15, -0.1) is 11.3 Å². The summed E-state index contributed by atoms with van der Waals surface area (Å²) in [7, 11) is 0. The lowest BCUT2D eigenvalue weighted by atomic mass is 10.0. The van der Waals surface area contributed by atoms with Crippen molar-refractivity contribution in [3.05, 3.63) is 143 Å². The lowest BCUT2D eigenvalue weighted by molar-refractivity contribution is -0.138. The number of imidazole rings is 1. The third-order valence-corrected chi connectivity index (χ3v) is 13.7. The molecule has 11 nitrogen and oxygen atoms in total. The average molecular weight is 844 g/mol. The Hall–Kier alpha value is -6.40. The van der Waals surface area contributed by atoms with E-state index >= 15 is 0 Å². The van der Waals surface area contributed by atoms with Crippen LogP contribution in [0.25, 0.3) is 33.6 Å². The first-order valence-electron chi connectivity index (χ1n) is 21.9. The zero-order chi connectivity index (χ0) is 42.2. The normalized spacial score (nSPS) is 19.5. The highest BCUT2D eigenvalue weighted by atomic mass is 32.1. The highest BCUT2D eigenvalue weighted by Crippen LogP contribution is 2.39. The highest BCUT2D eigenvalue weighted by molar-refractivity contribution is 7.10. The van der Waals surface area contributed by atoms with Gasteiger partial charge in [0, 0.05) is 35.9 Å². The summed E-state index contributed by atoms with van der Waals surface area (Å²) in [6.45, 7) is 1.24. The van der Waals surface area contributed by atoms with Crippen LogP contribution in [-0.4, -0.2) is 61.5 Å². The molecule has 2 saturated carbocycles. The number of hydrogen-bond donors (Lipinski definition) is 3. The van der Waals surface area contributed by atoms with E-state index in [1.165, 1.54) is 0 Å². The number of aromatic nitrogens is 3. The molecular formula is C50H49N7O4S. The number of nitrogens with one attached hydrogen (secondary N) is 3. The van der Waals surface area contributed by atoms with Crippen molar-refractivity contribution in [3.63, 3.8) is 0 Å². The molecular weight excluding hydrogens is 795 g/mol. The summed E-state index contributed by atoms with van der Waals surface area (Å²) in [6.07, 6.45) is 8.71. The molecule has 6 aromatic rings. The molecule has 2 aliphatic heterocycles. The van der Waals surface area contributed by atoms with Crippen molar-refractivity contribution in [3.8, 4) is 33.6 Å². The fraction of sp³-hybridized carbons (Fsp3) is 0.320. The summed E-state index contributed by atoms with van der Waals surface area (Å²) in [5.74, 6) is 0.480. The average Bonchev–Trinajstić information content (AvgIpc) is 4.07. The van der Waals surface area contributed by atoms with Gasteiger partial charge in [0.15, 0.2) is 0 Å². The molecule has 2 aliphatic carbocycles. The molecule has 3 N–H and O–H groups in total. The van der Waals surface area contributed by atoms with Crippen molar-refractivity contribution in [2.45, 2.75) is 75.5 Å². The summed E-state index contributed by atoms with van der Waals surface area (Å²) in [5.41, 5.74) is 7.50. The SMILES string of the molecule is O=C(N[C@@H](C(=O)N1CCC[C@H]1c1ncc(-c2ccc(-c3ccc(-c4csc([C@@H]5CCCN5C(=O)[C@H](NC(=O)C5CC5)c5ccccc5)n4)cc3)cc2)[nH]1)c1ccccc1)C1CC1. The topological polar surface area (TPSA) is 140 Å². The monoisotopic (exact) mass is 843 g/mol. The van der Waals surface area contributed by atoms with Crippen LogP contribution in [0, 0.1) is 11.8 Å². The van der Waals surface area contributed by atoms with Crippen molar-refractivity contribution in [1.29, 1.82) is 0 Å². The third kappa shape index (κ3) is 8.31. The minimum Gasteiger partial charge on any atom is -0.340 e. The second-order valence-corrected chi connectivity index (χ2v) is 17.9. The van der Waals surface area contributed by atoms with E-state index in [1.54, 1.807) is 11.3 Å². The number of rotatable bonds is 13. The van der Waals surface area contributed by atoms with E-state index in [0.717, 1.165) is 107 Å². The van der Waals surface area contributed by atoms with Crippen LogP contribution in [0.3, 0.4) is 0 Å². The number of carbonyl (C=O) groups is 4. The third-order valence-electron chi connectivity index (χ3n) is 12.7. The standard InChI is InChI=1S/C50H49N7O4S/c58-46(37-23-24-37)54-43(35-9-3-1-4-10-35)49(60)56-27-7-13-41(56)45-51-29-39(52-45)33-19-15-31(16-20-33)32-17-21-34(22-18-32)40-30-62-48(53-40)42-14-8-28-57(42)50(61)44(36-11-5-2-6-12-36)55-47(59)38-25-26-38/h1-6,9-12,15-22,29-30,37-38,41-44H,7-8,13-14,23-28H2,(H,51,52)(H,54,58)(H,55,59)/t41-,42-,43+,44+/m0/s1. The number of carbonyl (C=O) groups excluding carboxylic acids is 4. The van der Waals surface area contributed by atoms with E-state index in [1.807, 2.05) is 76.7 Å². The van der Waals surface area contributed by atoms with Crippen LogP contribution in [-0.2, 0) is 19.2 Å². The van der Waals surface area contributed by atoms with E-state index in [2.05, 4.69) is 69.5 Å². The largest absolute Gasteiger partial charge is 0.340 e. The van der Waals surface area contributed by atoms with Crippen LogP contribution in [0.1, 0.15) is 97.5 Å². The van der Waals surface area contributed by atoms with Gasteiger partial charge in [0.2, 0.25) is 23.6 Å². The smallest absolute Gasteiger partial charge is 0.250 e. The summed E-state index contributed by atoms with van der Waals surface area (Å²) in [6, 6.07) is 34.1.